The maximum Gasteiger partial charge on any atom is 0.223 e. The zero-order valence-corrected chi connectivity index (χ0v) is 18.8. The fourth-order valence-corrected chi connectivity index (χ4v) is 6.68. The van der Waals surface area contributed by atoms with Crippen molar-refractivity contribution < 1.29 is 14.6 Å². The molecule has 0 aromatic carbocycles. The summed E-state index contributed by atoms with van der Waals surface area (Å²) in [5.41, 5.74) is 1.15. The van der Waals surface area contributed by atoms with Crippen LogP contribution in [0.1, 0.15) is 50.1 Å². The van der Waals surface area contributed by atoms with Gasteiger partial charge in [0.2, 0.25) is 5.91 Å². The van der Waals surface area contributed by atoms with Gasteiger partial charge in [-0.1, -0.05) is 26.8 Å². The van der Waals surface area contributed by atoms with Crippen molar-refractivity contribution in [2.24, 2.45) is 23.2 Å². The Labute approximate surface area is 178 Å². The maximum atomic E-state index is 12.6. The number of anilines is 1. The van der Waals surface area contributed by atoms with Crippen molar-refractivity contribution in [3.8, 4) is 0 Å². The van der Waals surface area contributed by atoms with Crippen molar-refractivity contribution in [1.29, 1.82) is 0 Å². The Bertz CT molecular complexity index is 737. The van der Waals surface area contributed by atoms with Crippen molar-refractivity contribution >= 4 is 22.4 Å². The van der Waals surface area contributed by atoms with Gasteiger partial charge in [-0.15, -0.1) is 17.9 Å². The molecule has 3 N–H and O–H groups in total. The van der Waals surface area contributed by atoms with Gasteiger partial charge in [0.1, 0.15) is 0 Å². The first kappa shape index (κ1) is 22.2. The Balaban J connectivity index is 1.77. The number of amides is 1. The Morgan fingerprint density at radius 2 is 2.31 bits per heavy atom. The maximum absolute atomic E-state index is 12.6. The first-order valence-electron chi connectivity index (χ1n) is 10.6. The molecule has 162 valence electrons. The van der Waals surface area contributed by atoms with E-state index in [-0.39, 0.29) is 35.0 Å². The highest BCUT2D eigenvalue weighted by Gasteiger charge is 2.53. The molecule has 29 heavy (non-hydrogen) atoms. The van der Waals surface area contributed by atoms with Gasteiger partial charge in [-0.2, -0.15) is 0 Å². The minimum atomic E-state index is -0.508. The minimum Gasteiger partial charge on any atom is -0.392 e. The molecule has 1 aromatic rings. The Morgan fingerprint density at radius 1 is 1.55 bits per heavy atom. The summed E-state index contributed by atoms with van der Waals surface area (Å²) < 4.78 is 5.02. The topological polar surface area (TPSA) is 83.5 Å². The van der Waals surface area contributed by atoms with E-state index >= 15 is 0 Å². The number of carbonyl (C=O) groups excluding carboxylic acids is 1. The van der Waals surface area contributed by atoms with Gasteiger partial charge < -0.3 is 20.5 Å². The third-order valence-corrected chi connectivity index (χ3v) is 8.01. The van der Waals surface area contributed by atoms with Crippen LogP contribution in [0.3, 0.4) is 0 Å². The van der Waals surface area contributed by atoms with E-state index in [2.05, 4.69) is 31.1 Å². The summed E-state index contributed by atoms with van der Waals surface area (Å²) in [5, 5.41) is 18.6. The third kappa shape index (κ3) is 4.37. The number of nitrogens with zero attached hydrogens (tertiary/aromatic N) is 1. The molecule has 0 aliphatic heterocycles. The molecule has 1 saturated carbocycles. The summed E-state index contributed by atoms with van der Waals surface area (Å²) in [6.45, 7) is 11.9. The summed E-state index contributed by atoms with van der Waals surface area (Å²) in [4.78, 5) is 18.7. The quantitative estimate of drug-likeness (QED) is 0.443. The van der Waals surface area contributed by atoms with Crippen LogP contribution in [0.5, 0.6) is 0 Å². The molecular formula is C22H35N3O3S. The van der Waals surface area contributed by atoms with Crippen molar-refractivity contribution in [2.45, 2.75) is 52.1 Å². The van der Waals surface area contributed by atoms with Crippen LogP contribution in [0, 0.1) is 23.2 Å². The van der Waals surface area contributed by atoms with E-state index < -0.39 is 6.10 Å². The number of hydrogen-bond acceptors (Lipinski definition) is 6. The van der Waals surface area contributed by atoms with Gasteiger partial charge >= 0.3 is 0 Å². The number of carbonyl (C=O) groups is 1. The van der Waals surface area contributed by atoms with E-state index in [1.54, 1.807) is 18.4 Å². The van der Waals surface area contributed by atoms with Gasteiger partial charge in [-0.05, 0) is 36.5 Å². The molecular weight excluding hydrogens is 386 g/mol. The fourth-order valence-electron chi connectivity index (χ4n) is 5.41. The number of aliphatic hydroxyl groups is 1. The normalized spacial score (nSPS) is 32.0. The molecule has 6 nitrogen and oxygen atoms in total. The molecule has 0 spiro atoms. The van der Waals surface area contributed by atoms with Gasteiger partial charge in [0.15, 0.2) is 5.13 Å². The van der Waals surface area contributed by atoms with Gasteiger partial charge in [0, 0.05) is 36.9 Å². The molecule has 2 aliphatic rings. The van der Waals surface area contributed by atoms with Crippen LogP contribution >= 0.6 is 11.3 Å². The standard InChI is InChI=1S/C22H35N3O3S/c1-6-9-24-21-25-18-14(3)17-19(26)15(13(2)20(27)23-10-11-28-5)7-8-22(17,4)12-16(18)29-21/h6,13-15,17,19,26H,1,7-12H2,2-5H3,(H,23,27)(H,24,25)/t13-,14-,15-,17+,19-,22-/m0/s1. The van der Waals surface area contributed by atoms with E-state index in [9.17, 15) is 9.90 Å². The lowest BCUT2D eigenvalue weighted by Gasteiger charge is -2.53. The summed E-state index contributed by atoms with van der Waals surface area (Å²) >= 11 is 1.73. The van der Waals surface area contributed by atoms with E-state index in [0.717, 1.165) is 30.1 Å². The smallest absolute Gasteiger partial charge is 0.223 e. The van der Waals surface area contributed by atoms with Crippen LogP contribution in [0.4, 0.5) is 5.13 Å². The molecule has 1 fully saturated rings. The molecule has 7 heteroatoms. The van der Waals surface area contributed by atoms with Gasteiger partial charge in [-0.3, -0.25) is 4.79 Å². The number of nitrogens with one attached hydrogen (secondary N) is 2. The molecule has 1 heterocycles. The Morgan fingerprint density at radius 3 is 3.00 bits per heavy atom. The number of methoxy groups -OCH3 is 1. The molecule has 1 amide bonds. The lowest BCUT2D eigenvalue weighted by molar-refractivity contribution is -0.135. The molecule has 2 aliphatic carbocycles. The molecule has 0 radical (unpaired) electrons. The fraction of sp³-hybridized carbons (Fsp3) is 0.727. The molecule has 0 bridgehead atoms. The second-order valence-electron chi connectivity index (χ2n) is 8.91. The van der Waals surface area contributed by atoms with E-state index in [1.807, 2.05) is 13.0 Å². The van der Waals surface area contributed by atoms with E-state index in [4.69, 9.17) is 9.72 Å². The number of thiazole rings is 1. The predicted octanol–water partition coefficient (Wildman–Crippen LogP) is 3.19. The third-order valence-electron chi connectivity index (χ3n) is 6.98. The lowest BCUT2D eigenvalue weighted by atomic mass is 9.53. The first-order chi connectivity index (χ1) is 13.8. The number of aliphatic hydroxyl groups excluding tert-OH is 1. The van der Waals surface area contributed by atoms with Gasteiger partial charge in [-0.25, -0.2) is 4.98 Å². The highest BCUT2D eigenvalue weighted by atomic mass is 32.1. The average molecular weight is 422 g/mol. The zero-order valence-electron chi connectivity index (χ0n) is 18.0. The van der Waals surface area contributed by atoms with Crippen LogP contribution in [-0.2, 0) is 16.0 Å². The van der Waals surface area contributed by atoms with Crippen molar-refractivity contribution in [3.05, 3.63) is 23.2 Å². The lowest BCUT2D eigenvalue weighted by Crippen LogP contribution is -2.53. The predicted molar refractivity (Wildman–Crippen MR) is 117 cm³/mol. The molecule has 0 unspecified atom stereocenters. The molecule has 1 aromatic heterocycles. The molecule has 3 rings (SSSR count). The number of fused-ring (bicyclic) bond motifs is 2. The van der Waals surface area contributed by atoms with Crippen LogP contribution in [0.15, 0.2) is 12.7 Å². The Kier molecular flexibility index (Phi) is 7.02. The second kappa shape index (κ2) is 9.14. The SMILES string of the molecule is C=CCNc1nc2c(s1)C[C@]1(C)CC[C@@H]([C@H](C)C(=O)NCCOC)[C@H](O)[C@H]1[C@@H]2C. The number of rotatable bonds is 8. The average Bonchev–Trinajstić information content (AvgIpc) is 3.08. The largest absolute Gasteiger partial charge is 0.392 e. The van der Waals surface area contributed by atoms with E-state index in [1.165, 1.54) is 4.88 Å². The van der Waals surface area contributed by atoms with Crippen molar-refractivity contribution in [3.63, 3.8) is 0 Å². The summed E-state index contributed by atoms with van der Waals surface area (Å²) in [5.74, 6) is 0.0264. The molecule has 6 atom stereocenters. The second-order valence-corrected chi connectivity index (χ2v) is 9.99. The van der Waals surface area contributed by atoms with Gasteiger partial charge in [0.25, 0.3) is 0 Å². The van der Waals surface area contributed by atoms with Gasteiger partial charge in [0.05, 0.1) is 18.4 Å². The zero-order chi connectivity index (χ0) is 21.2. The van der Waals surface area contributed by atoms with Crippen LogP contribution in [0.2, 0.25) is 0 Å². The highest BCUT2D eigenvalue weighted by molar-refractivity contribution is 7.15. The Hall–Kier alpha value is -1.44. The first-order valence-corrected chi connectivity index (χ1v) is 11.4. The highest BCUT2D eigenvalue weighted by Crippen LogP contribution is 2.57. The number of hydrogen-bond donors (Lipinski definition) is 3. The summed E-state index contributed by atoms with van der Waals surface area (Å²) in [6.07, 6.45) is 4.16. The summed E-state index contributed by atoms with van der Waals surface area (Å²) in [7, 11) is 1.62. The molecule has 0 saturated heterocycles. The number of ether oxygens (including phenoxy) is 1. The van der Waals surface area contributed by atoms with Crippen molar-refractivity contribution in [2.75, 3.05) is 32.1 Å². The monoisotopic (exact) mass is 421 g/mol. The minimum absolute atomic E-state index is 0.00317. The van der Waals surface area contributed by atoms with Crippen LogP contribution < -0.4 is 10.6 Å². The van der Waals surface area contributed by atoms with Crippen LogP contribution in [0.25, 0.3) is 0 Å². The number of aromatic nitrogens is 1. The summed E-state index contributed by atoms with van der Waals surface area (Å²) in [6, 6.07) is 0. The van der Waals surface area contributed by atoms with E-state index in [0.29, 0.717) is 19.7 Å². The van der Waals surface area contributed by atoms with Crippen molar-refractivity contribution in [1.82, 2.24) is 10.3 Å². The van der Waals surface area contributed by atoms with Crippen LogP contribution in [-0.4, -0.2) is 48.9 Å².